The smallest absolute Gasteiger partial charge is 0.285 e. The highest BCUT2D eigenvalue weighted by atomic mass is 35.5. The fourth-order valence-electron chi connectivity index (χ4n) is 1.54. The van der Waals surface area contributed by atoms with Gasteiger partial charge in [0.1, 0.15) is 6.54 Å². The second-order valence-corrected chi connectivity index (χ2v) is 4.07. The number of rotatable bonds is 1. The summed E-state index contributed by atoms with van der Waals surface area (Å²) in [6, 6.07) is 1.94. The van der Waals surface area contributed by atoms with Crippen molar-refractivity contribution in [3.8, 4) is 0 Å². The highest BCUT2D eigenvalue weighted by molar-refractivity contribution is 6.31. The van der Waals surface area contributed by atoms with Gasteiger partial charge in [0, 0.05) is 10.7 Å². The van der Waals surface area contributed by atoms with Crippen molar-refractivity contribution in [2.75, 3.05) is 11.4 Å². The van der Waals surface area contributed by atoms with Crippen molar-refractivity contribution in [1.29, 1.82) is 0 Å². The summed E-state index contributed by atoms with van der Waals surface area (Å²) in [5.41, 5.74) is -1.05. The molecule has 1 aliphatic rings. The van der Waals surface area contributed by atoms with Gasteiger partial charge in [0.05, 0.1) is 5.56 Å². The van der Waals surface area contributed by atoms with Crippen molar-refractivity contribution in [2.45, 2.75) is 6.18 Å². The molecule has 1 N–H and O–H groups in total. The Morgan fingerprint density at radius 1 is 1.22 bits per heavy atom. The van der Waals surface area contributed by atoms with E-state index in [1.54, 1.807) is 0 Å². The summed E-state index contributed by atoms with van der Waals surface area (Å²) in [4.78, 5) is 23.2. The largest absolute Gasteiger partial charge is 0.416 e. The highest BCUT2D eigenvalue weighted by Gasteiger charge is 2.34. The maximum absolute atomic E-state index is 12.6. The molecule has 3 amide bonds. The van der Waals surface area contributed by atoms with E-state index < -0.39 is 23.7 Å². The lowest BCUT2D eigenvalue weighted by Gasteiger charge is -2.16. The van der Waals surface area contributed by atoms with E-state index in [1.807, 2.05) is 5.32 Å². The summed E-state index contributed by atoms with van der Waals surface area (Å²) in [5.74, 6) is -0.575. The molecule has 0 atom stereocenters. The van der Waals surface area contributed by atoms with Crippen LogP contribution in [-0.4, -0.2) is 18.5 Å². The predicted octanol–water partition coefficient (Wildman–Crippen LogP) is 2.42. The molecule has 1 fully saturated rings. The van der Waals surface area contributed by atoms with E-state index in [9.17, 15) is 22.8 Å². The maximum atomic E-state index is 12.6. The molecule has 1 aliphatic heterocycles. The van der Waals surface area contributed by atoms with Gasteiger partial charge >= 0.3 is 12.2 Å². The zero-order valence-electron chi connectivity index (χ0n) is 8.71. The maximum Gasteiger partial charge on any atom is 0.416 e. The van der Waals surface area contributed by atoms with Gasteiger partial charge in [-0.25, -0.2) is 4.79 Å². The first kappa shape index (κ1) is 12.7. The molecule has 0 unspecified atom stereocenters. The van der Waals surface area contributed by atoms with Crippen molar-refractivity contribution in [1.82, 2.24) is 5.32 Å². The van der Waals surface area contributed by atoms with Crippen LogP contribution < -0.4 is 10.2 Å². The van der Waals surface area contributed by atoms with Gasteiger partial charge in [-0.1, -0.05) is 11.6 Å². The molecule has 0 aliphatic carbocycles. The quantitative estimate of drug-likeness (QED) is 0.802. The van der Waals surface area contributed by atoms with Gasteiger partial charge in [-0.05, 0) is 18.2 Å². The van der Waals surface area contributed by atoms with E-state index in [4.69, 9.17) is 11.6 Å². The molecule has 1 saturated heterocycles. The van der Waals surface area contributed by atoms with Crippen LogP contribution in [0.1, 0.15) is 5.56 Å². The van der Waals surface area contributed by atoms with E-state index >= 15 is 0 Å². The summed E-state index contributed by atoms with van der Waals surface area (Å²) in [7, 11) is 0. The van der Waals surface area contributed by atoms with Crippen LogP contribution in [0.15, 0.2) is 18.2 Å². The van der Waals surface area contributed by atoms with Gasteiger partial charge in [-0.2, -0.15) is 13.2 Å². The zero-order chi connectivity index (χ0) is 13.5. The highest BCUT2D eigenvalue weighted by Crippen LogP contribution is 2.34. The number of urea groups is 1. The first-order chi connectivity index (χ1) is 8.27. The van der Waals surface area contributed by atoms with Crippen molar-refractivity contribution < 1.29 is 22.8 Å². The van der Waals surface area contributed by atoms with Crippen LogP contribution in [0.4, 0.5) is 23.7 Å². The Morgan fingerprint density at radius 3 is 2.39 bits per heavy atom. The van der Waals surface area contributed by atoms with E-state index in [1.165, 1.54) is 6.07 Å². The van der Waals surface area contributed by atoms with Gasteiger partial charge < -0.3 is 0 Å². The molecule has 0 bridgehead atoms. The lowest BCUT2D eigenvalue weighted by molar-refractivity contribution is -0.137. The number of hydrogen-bond acceptors (Lipinski definition) is 2. The minimum atomic E-state index is -4.57. The molecule has 0 saturated carbocycles. The summed E-state index contributed by atoms with van der Waals surface area (Å²) in [6.07, 6.45) is -4.57. The van der Waals surface area contributed by atoms with Crippen LogP contribution in [0.2, 0.25) is 5.02 Å². The van der Waals surface area contributed by atoms with Crippen LogP contribution in [0, 0.1) is 0 Å². The van der Waals surface area contributed by atoms with Crippen molar-refractivity contribution in [2.24, 2.45) is 0 Å². The minimum Gasteiger partial charge on any atom is -0.285 e. The van der Waals surface area contributed by atoms with E-state index in [-0.39, 0.29) is 17.3 Å². The molecular weight excluding hydrogens is 273 g/mol. The van der Waals surface area contributed by atoms with Crippen LogP contribution in [-0.2, 0) is 11.0 Å². The monoisotopic (exact) mass is 278 g/mol. The average Bonchev–Trinajstić information content (AvgIpc) is 2.55. The molecule has 8 heteroatoms. The topological polar surface area (TPSA) is 49.4 Å². The Bertz CT molecular complexity index is 530. The number of alkyl halides is 3. The van der Waals surface area contributed by atoms with E-state index in [0.717, 1.165) is 17.0 Å². The first-order valence-corrected chi connectivity index (χ1v) is 5.14. The van der Waals surface area contributed by atoms with Gasteiger partial charge in [0.25, 0.3) is 0 Å². The SMILES string of the molecule is O=C1CN(c2cc(Cl)cc(C(F)(F)F)c2)C(=O)N1. The van der Waals surface area contributed by atoms with E-state index in [0.29, 0.717) is 0 Å². The first-order valence-electron chi connectivity index (χ1n) is 4.76. The summed E-state index contributed by atoms with van der Waals surface area (Å²) < 4.78 is 37.7. The molecule has 0 aromatic heterocycles. The number of benzene rings is 1. The van der Waals surface area contributed by atoms with Crippen molar-refractivity contribution in [3.05, 3.63) is 28.8 Å². The Kier molecular flexibility index (Phi) is 2.94. The summed E-state index contributed by atoms with van der Waals surface area (Å²) in [6.45, 7) is -0.323. The Hall–Kier alpha value is -1.76. The second kappa shape index (κ2) is 4.16. The lowest BCUT2D eigenvalue weighted by Crippen LogP contribution is -2.28. The molecule has 18 heavy (non-hydrogen) atoms. The van der Waals surface area contributed by atoms with Gasteiger partial charge in [0.15, 0.2) is 0 Å². The average molecular weight is 279 g/mol. The van der Waals surface area contributed by atoms with Crippen LogP contribution in [0.25, 0.3) is 0 Å². The number of halogens is 4. The molecule has 4 nitrogen and oxygen atoms in total. The number of hydrogen-bond donors (Lipinski definition) is 1. The number of amides is 3. The third-order valence-electron chi connectivity index (χ3n) is 2.31. The van der Waals surface area contributed by atoms with Crippen molar-refractivity contribution >= 4 is 29.2 Å². The van der Waals surface area contributed by atoms with E-state index in [2.05, 4.69) is 0 Å². The molecule has 1 heterocycles. The van der Waals surface area contributed by atoms with Gasteiger partial charge in [-0.15, -0.1) is 0 Å². The van der Waals surface area contributed by atoms with Crippen molar-refractivity contribution in [3.63, 3.8) is 0 Å². The number of carbonyl (C=O) groups is 2. The molecule has 1 aromatic rings. The molecule has 96 valence electrons. The van der Waals surface area contributed by atoms with Crippen LogP contribution in [0.3, 0.4) is 0 Å². The third kappa shape index (κ3) is 2.40. The zero-order valence-corrected chi connectivity index (χ0v) is 9.47. The fourth-order valence-corrected chi connectivity index (χ4v) is 1.77. The van der Waals surface area contributed by atoms with Gasteiger partial charge in [-0.3, -0.25) is 15.0 Å². The third-order valence-corrected chi connectivity index (χ3v) is 2.53. The lowest BCUT2D eigenvalue weighted by atomic mass is 10.2. The molecule has 0 spiro atoms. The number of nitrogens with one attached hydrogen (secondary N) is 1. The van der Waals surface area contributed by atoms with Crippen LogP contribution >= 0.6 is 11.6 Å². The molecular formula is C10H6ClF3N2O2. The predicted molar refractivity (Wildman–Crippen MR) is 57.3 cm³/mol. The summed E-state index contributed by atoms with van der Waals surface area (Å²) in [5, 5.41) is 1.81. The Labute approximate surface area is 104 Å². The standard InChI is InChI=1S/C10H6ClF3N2O2/c11-6-1-5(10(12,13)14)2-7(3-6)16-4-8(17)15-9(16)18/h1-3H,4H2,(H,15,17,18). The molecule has 1 aromatic carbocycles. The fraction of sp³-hybridized carbons (Fsp3) is 0.200. The minimum absolute atomic E-state index is 0.0711. The second-order valence-electron chi connectivity index (χ2n) is 3.64. The van der Waals surface area contributed by atoms with Gasteiger partial charge in [0.2, 0.25) is 5.91 Å². The summed E-state index contributed by atoms with van der Waals surface area (Å²) >= 11 is 5.58. The Morgan fingerprint density at radius 2 is 1.89 bits per heavy atom. The number of nitrogens with zero attached hydrogens (tertiary/aromatic N) is 1. The normalized spacial score (nSPS) is 16.1. The Balaban J connectivity index is 2.43. The molecule has 2 rings (SSSR count). The molecule has 0 radical (unpaired) electrons. The number of anilines is 1. The number of carbonyl (C=O) groups excluding carboxylic acids is 2. The number of imide groups is 1. The van der Waals surface area contributed by atoms with Crippen LogP contribution in [0.5, 0.6) is 0 Å².